The number of amides is 1. The van der Waals surface area contributed by atoms with Crippen LogP contribution < -0.4 is 4.74 Å². The van der Waals surface area contributed by atoms with Crippen molar-refractivity contribution in [3.63, 3.8) is 0 Å². The van der Waals surface area contributed by atoms with Gasteiger partial charge in [-0.05, 0) is 44.4 Å². The van der Waals surface area contributed by atoms with Crippen LogP contribution >= 0.6 is 11.3 Å². The maximum atomic E-state index is 13.2. The predicted molar refractivity (Wildman–Crippen MR) is 106 cm³/mol. The molecule has 140 valence electrons. The number of carbonyl (C=O) groups is 1. The lowest BCUT2D eigenvalue weighted by Gasteiger charge is -2.23. The van der Waals surface area contributed by atoms with Crippen molar-refractivity contribution in [2.45, 2.75) is 13.2 Å². The molecule has 27 heavy (non-hydrogen) atoms. The number of rotatable bonds is 6. The van der Waals surface area contributed by atoms with E-state index in [0.717, 1.165) is 38.9 Å². The first-order valence-electron chi connectivity index (χ1n) is 8.93. The number of carbonyl (C=O) groups excluding carboxylic acids is 1. The molecule has 0 atom stereocenters. The van der Waals surface area contributed by atoms with Crippen molar-refractivity contribution in [2.75, 3.05) is 27.2 Å². The number of benzene rings is 1. The molecule has 1 aromatic carbocycles. The number of likely N-dealkylation sites (N-methyl/N-ethyl adjacent to an activating group) is 1. The van der Waals surface area contributed by atoms with E-state index in [1.165, 1.54) is 0 Å². The lowest BCUT2D eigenvalue weighted by molar-refractivity contribution is 0.0724. The Balaban J connectivity index is 1.61. The molecule has 3 aromatic rings. The number of nitrogens with zero attached hydrogens (tertiary/aromatic N) is 2. The van der Waals surface area contributed by atoms with Gasteiger partial charge in [-0.1, -0.05) is 12.1 Å². The molecule has 1 aliphatic rings. The Kier molecular flexibility index (Phi) is 5.01. The number of fused-ring (bicyclic) bond motifs is 3. The van der Waals surface area contributed by atoms with Gasteiger partial charge < -0.3 is 19.0 Å². The molecular weight excluding hydrogens is 360 g/mol. The van der Waals surface area contributed by atoms with Crippen molar-refractivity contribution in [3.05, 3.63) is 64.9 Å². The molecule has 0 N–H and O–H groups in total. The normalized spacial score (nSPS) is 12.4. The van der Waals surface area contributed by atoms with Crippen LogP contribution in [-0.2, 0) is 13.2 Å². The van der Waals surface area contributed by atoms with Crippen molar-refractivity contribution in [3.8, 4) is 16.2 Å². The van der Waals surface area contributed by atoms with Crippen LogP contribution in [0.1, 0.15) is 21.0 Å². The molecule has 0 spiro atoms. The van der Waals surface area contributed by atoms with Crippen LogP contribution in [0, 0.1) is 0 Å². The summed E-state index contributed by atoms with van der Waals surface area (Å²) < 4.78 is 11.3. The van der Waals surface area contributed by atoms with Gasteiger partial charge >= 0.3 is 0 Å². The molecule has 4 rings (SSSR count). The molecule has 0 unspecified atom stereocenters. The minimum atomic E-state index is 0.0325. The molecular formula is C21H22N2O3S. The van der Waals surface area contributed by atoms with E-state index in [2.05, 4.69) is 4.90 Å². The molecule has 0 fully saturated rings. The Hall–Kier alpha value is -2.57. The van der Waals surface area contributed by atoms with Gasteiger partial charge in [0.15, 0.2) is 0 Å². The second-order valence-electron chi connectivity index (χ2n) is 6.86. The van der Waals surface area contributed by atoms with Gasteiger partial charge in [0.25, 0.3) is 5.91 Å². The van der Waals surface area contributed by atoms with Crippen LogP contribution in [0.25, 0.3) is 10.4 Å². The highest BCUT2D eigenvalue weighted by atomic mass is 32.1. The van der Waals surface area contributed by atoms with Gasteiger partial charge in [0.05, 0.1) is 17.7 Å². The van der Waals surface area contributed by atoms with Gasteiger partial charge in [0.1, 0.15) is 18.1 Å². The number of furan rings is 1. The summed E-state index contributed by atoms with van der Waals surface area (Å²) in [4.78, 5) is 19.0. The number of para-hydroxylation sites is 1. The van der Waals surface area contributed by atoms with Crippen molar-refractivity contribution in [1.29, 1.82) is 0 Å². The van der Waals surface area contributed by atoms with Gasteiger partial charge in [-0.25, -0.2) is 0 Å². The molecule has 0 saturated heterocycles. The third kappa shape index (κ3) is 3.77. The molecule has 0 bridgehead atoms. The highest BCUT2D eigenvalue weighted by Crippen LogP contribution is 2.42. The smallest absolute Gasteiger partial charge is 0.264 e. The van der Waals surface area contributed by atoms with E-state index in [1.807, 2.05) is 61.5 Å². The van der Waals surface area contributed by atoms with Gasteiger partial charge in [-0.2, -0.15) is 0 Å². The van der Waals surface area contributed by atoms with Crippen LogP contribution in [0.15, 0.2) is 53.1 Å². The van der Waals surface area contributed by atoms with Crippen molar-refractivity contribution in [2.24, 2.45) is 0 Å². The van der Waals surface area contributed by atoms with Gasteiger partial charge in [0.2, 0.25) is 0 Å². The molecule has 6 heteroatoms. The third-order valence-corrected chi connectivity index (χ3v) is 5.76. The molecule has 3 heterocycles. The second kappa shape index (κ2) is 7.58. The summed E-state index contributed by atoms with van der Waals surface area (Å²) in [5.41, 5.74) is 2.14. The lowest BCUT2D eigenvalue weighted by Crippen LogP contribution is -2.35. The zero-order valence-corrected chi connectivity index (χ0v) is 16.3. The third-order valence-electron chi connectivity index (χ3n) is 4.57. The summed E-state index contributed by atoms with van der Waals surface area (Å²) >= 11 is 1.55. The molecule has 1 aliphatic heterocycles. The fraction of sp³-hybridized carbons (Fsp3) is 0.286. The largest absolute Gasteiger partial charge is 0.488 e. The predicted octanol–water partition coefficient (Wildman–Crippen LogP) is 4.10. The van der Waals surface area contributed by atoms with Crippen LogP contribution in [0.4, 0.5) is 0 Å². The highest BCUT2D eigenvalue weighted by molar-refractivity contribution is 7.17. The Morgan fingerprint density at radius 1 is 1.15 bits per heavy atom. The summed E-state index contributed by atoms with van der Waals surface area (Å²) in [5, 5.41) is 0. The average molecular weight is 382 g/mol. The SMILES string of the molecule is CN(C)CCN(Cc1ccco1)C(=O)c1cc2c(s1)-c1ccccc1OC2. The maximum Gasteiger partial charge on any atom is 0.264 e. The Morgan fingerprint density at radius 2 is 2.00 bits per heavy atom. The lowest BCUT2D eigenvalue weighted by atomic mass is 10.1. The fourth-order valence-corrected chi connectivity index (χ4v) is 4.29. The van der Waals surface area contributed by atoms with Crippen molar-refractivity contribution in [1.82, 2.24) is 9.80 Å². The summed E-state index contributed by atoms with van der Waals surface area (Å²) in [6.45, 7) is 2.41. The monoisotopic (exact) mass is 382 g/mol. The van der Waals surface area contributed by atoms with E-state index in [9.17, 15) is 4.79 Å². The number of hydrogen-bond donors (Lipinski definition) is 0. The molecule has 2 aromatic heterocycles. The zero-order valence-electron chi connectivity index (χ0n) is 15.5. The Labute approximate surface area is 162 Å². The van der Waals surface area contributed by atoms with Crippen molar-refractivity contribution >= 4 is 17.2 Å². The molecule has 0 radical (unpaired) electrons. The Bertz CT molecular complexity index is 931. The van der Waals surface area contributed by atoms with Crippen LogP contribution in [0.3, 0.4) is 0 Å². The first kappa shape index (κ1) is 17.8. The average Bonchev–Trinajstić information content (AvgIpc) is 3.34. The van der Waals surface area contributed by atoms with E-state index >= 15 is 0 Å². The summed E-state index contributed by atoms with van der Waals surface area (Å²) in [5.74, 6) is 1.70. The van der Waals surface area contributed by atoms with Crippen LogP contribution in [0.2, 0.25) is 0 Å². The first-order valence-corrected chi connectivity index (χ1v) is 9.75. The summed E-state index contributed by atoms with van der Waals surface area (Å²) in [6.07, 6.45) is 1.64. The molecule has 1 amide bonds. The van der Waals surface area contributed by atoms with Gasteiger partial charge in [0, 0.05) is 29.1 Å². The van der Waals surface area contributed by atoms with E-state index < -0.39 is 0 Å². The minimum absolute atomic E-state index is 0.0325. The van der Waals surface area contributed by atoms with Crippen LogP contribution in [0.5, 0.6) is 5.75 Å². The Morgan fingerprint density at radius 3 is 2.78 bits per heavy atom. The first-order chi connectivity index (χ1) is 13.1. The zero-order chi connectivity index (χ0) is 18.8. The van der Waals surface area contributed by atoms with Gasteiger partial charge in [-0.15, -0.1) is 11.3 Å². The van der Waals surface area contributed by atoms with E-state index in [-0.39, 0.29) is 5.91 Å². The number of thiophene rings is 1. The summed E-state index contributed by atoms with van der Waals surface area (Å²) in [6, 6.07) is 13.7. The number of hydrogen-bond acceptors (Lipinski definition) is 5. The fourth-order valence-electron chi connectivity index (χ4n) is 3.12. The molecule has 5 nitrogen and oxygen atoms in total. The molecule has 0 saturated carbocycles. The number of ether oxygens (including phenoxy) is 1. The second-order valence-corrected chi connectivity index (χ2v) is 7.91. The topological polar surface area (TPSA) is 45.9 Å². The minimum Gasteiger partial charge on any atom is -0.488 e. The standard InChI is InChI=1S/C21H22N2O3S/c1-22(2)9-10-23(13-16-6-5-11-25-16)21(24)19-12-15-14-26-18-8-4-3-7-17(18)20(15)27-19/h3-8,11-12H,9-10,13-14H2,1-2H3. The van der Waals surface area contributed by atoms with Crippen molar-refractivity contribution < 1.29 is 13.9 Å². The molecule has 0 aliphatic carbocycles. The van der Waals surface area contributed by atoms with E-state index in [0.29, 0.717) is 19.7 Å². The van der Waals surface area contributed by atoms with Gasteiger partial charge in [-0.3, -0.25) is 4.79 Å². The van der Waals surface area contributed by atoms with E-state index in [4.69, 9.17) is 9.15 Å². The maximum absolute atomic E-state index is 13.2. The summed E-state index contributed by atoms with van der Waals surface area (Å²) in [7, 11) is 4.02. The van der Waals surface area contributed by atoms with E-state index in [1.54, 1.807) is 17.6 Å². The highest BCUT2D eigenvalue weighted by Gasteiger charge is 2.25. The quantitative estimate of drug-likeness (QED) is 0.644. The van der Waals surface area contributed by atoms with Crippen LogP contribution in [-0.4, -0.2) is 42.9 Å².